The van der Waals surface area contributed by atoms with Gasteiger partial charge < -0.3 is 29.6 Å². The molecular weight excluding hydrogens is 621 g/mol. The van der Waals surface area contributed by atoms with E-state index in [-0.39, 0.29) is 34.8 Å². The molecule has 6 heterocycles. The van der Waals surface area contributed by atoms with Gasteiger partial charge in [-0.05, 0) is 94.8 Å². The third-order valence-electron chi connectivity index (χ3n) is 11.6. The maximum Gasteiger partial charge on any atom is 0.213 e. The van der Waals surface area contributed by atoms with Crippen molar-refractivity contribution in [3.63, 3.8) is 0 Å². The number of rotatable bonds is 8. The van der Waals surface area contributed by atoms with Crippen molar-refractivity contribution in [3.05, 3.63) is 81.7 Å². The number of ether oxygens (including phenoxy) is 2. The fourth-order valence-corrected chi connectivity index (χ4v) is 8.58. The van der Waals surface area contributed by atoms with Gasteiger partial charge >= 0.3 is 0 Å². The summed E-state index contributed by atoms with van der Waals surface area (Å²) in [6.45, 7) is 6.20. The minimum absolute atomic E-state index is 0.000947. The summed E-state index contributed by atoms with van der Waals surface area (Å²) in [6, 6.07) is 9.45. The number of nitrogens with two attached hydrogens (primary N) is 1. The van der Waals surface area contributed by atoms with E-state index in [1.54, 1.807) is 13.3 Å². The average molecular weight is 668 g/mol. The summed E-state index contributed by atoms with van der Waals surface area (Å²) in [5.74, 6) is 1.38. The molecule has 3 aromatic heterocycles. The van der Waals surface area contributed by atoms with Crippen LogP contribution in [0.2, 0.25) is 0 Å². The zero-order chi connectivity index (χ0) is 33.9. The maximum atomic E-state index is 16.3. The highest BCUT2D eigenvalue weighted by Gasteiger charge is 2.51. The van der Waals surface area contributed by atoms with Gasteiger partial charge in [-0.25, -0.2) is 14.4 Å². The normalized spacial score (nSPS) is 23.2. The summed E-state index contributed by atoms with van der Waals surface area (Å²) in [6.07, 6.45) is 11.7. The van der Waals surface area contributed by atoms with Crippen LogP contribution in [-0.2, 0) is 13.1 Å². The van der Waals surface area contributed by atoms with Crippen molar-refractivity contribution in [2.45, 2.75) is 82.1 Å². The van der Waals surface area contributed by atoms with Gasteiger partial charge in [0.1, 0.15) is 24.0 Å². The Labute approximate surface area is 286 Å². The lowest BCUT2D eigenvalue weighted by molar-refractivity contribution is 0.145. The maximum absolute atomic E-state index is 16.3. The highest BCUT2D eigenvalue weighted by Crippen LogP contribution is 2.54. The number of hydrogen-bond donors (Lipinski definition) is 1. The molecule has 3 atom stereocenters. The van der Waals surface area contributed by atoms with Crippen LogP contribution >= 0.6 is 0 Å². The molecule has 4 aliphatic rings. The van der Waals surface area contributed by atoms with Gasteiger partial charge in [0.15, 0.2) is 5.43 Å². The Balaban J connectivity index is 1.17. The molecule has 0 amide bonds. The van der Waals surface area contributed by atoms with Crippen LogP contribution in [-0.4, -0.2) is 76.3 Å². The van der Waals surface area contributed by atoms with E-state index >= 15 is 4.39 Å². The lowest BCUT2D eigenvalue weighted by atomic mass is 9.82. The Bertz CT molecular complexity index is 1930. The van der Waals surface area contributed by atoms with Gasteiger partial charge in [0, 0.05) is 67.3 Å². The number of anilines is 2. The number of pyridine rings is 3. The molecular formula is C38H46FN7O3. The second kappa shape index (κ2) is 12.6. The molecule has 0 radical (unpaired) electrons. The number of hydrogen-bond acceptors (Lipinski definition) is 9. The van der Waals surface area contributed by atoms with E-state index < -0.39 is 0 Å². The van der Waals surface area contributed by atoms with Crippen molar-refractivity contribution >= 4 is 22.4 Å². The highest BCUT2D eigenvalue weighted by molar-refractivity contribution is 5.88. The third-order valence-corrected chi connectivity index (χ3v) is 11.6. The van der Waals surface area contributed by atoms with Gasteiger partial charge in [-0.15, -0.1) is 0 Å². The molecule has 1 saturated carbocycles. The average Bonchev–Trinajstić information content (AvgIpc) is 3.89. The molecule has 10 nitrogen and oxygen atoms in total. The van der Waals surface area contributed by atoms with E-state index in [1.807, 2.05) is 36.7 Å². The molecule has 1 spiro atoms. The van der Waals surface area contributed by atoms with Gasteiger partial charge in [0.2, 0.25) is 5.88 Å². The minimum atomic E-state index is -0.316. The number of nitrogen functional groups attached to an aromatic ring is 1. The van der Waals surface area contributed by atoms with Crippen molar-refractivity contribution < 1.29 is 13.9 Å². The minimum Gasteiger partial charge on any atom is -0.489 e. The summed E-state index contributed by atoms with van der Waals surface area (Å²) < 4.78 is 30.3. The molecule has 4 aromatic rings. The zero-order valence-electron chi connectivity index (χ0n) is 28.7. The highest BCUT2D eigenvalue weighted by atomic mass is 19.1. The van der Waals surface area contributed by atoms with E-state index in [0.717, 1.165) is 74.9 Å². The Morgan fingerprint density at radius 1 is 1.14 bits per heavy atom. The van der Waals surface area contributed by atoms with E-state index in [4.69, 9.17) is 15.2 Å². The SMILES string of the molecule is COc1cc(CN(Cc2cn3c4c(c(C5CCN(C)C6(CC6)C5)c(F)cc4c2=O)OCC3C)[C@H]2CCCN(c3ccc(N)nc3)C2)ccn1. The van der Waals surface area contributed by atoms with Crippen LogP contribution in [0.5, 0.6) is 11.6 Å². The van der Waals surface area contributed by atoms with Gasteiger partial charge in [0.05, 0.1) is 35.9 Å². The summed E-state index contributed by atoms with van der Waals surface area (Å²) in [4.78, 5) is 30.2. The van der Waals surface area contributed by atoms with Crippen molar-refractivity contribution in [1.82, 2.24) is 24.3 Å². The predicted molar refractivity (Wildman–Crippen MR) is 189 cm³/mol. The molecule has 49 heavy (non-hydrogen) atoms. The van der Waals surface area contributed by atoms with Crippen LogP contribution < -0.4 is 25.5 Å². The van der Waals surface area contributed by atoms with E-state index in [2.05, 4.69) is 43.2 Å². The molecule has 2 N–H and O–H groups in total. The number of aromatic nitrogens is 3. The Kier molecular flexibility index (Phi) is 8.22. The van der Waals surface area contributed by atoms with Crippen molar-refractivity contribution in [2.75, 3.05) is 51.0 Å². The summed E-state index contributed by atoms with van der Waals surface area (Å²) >= 11 is 0. The Morgan fingerprint density at radius 2 is 2.00 bits per heavy atom. The first-order valence-corrected chi connectivity index (χ1v) is 17.7. The molecule has 8 rings (SSSR count). The number of piperidine rings is 2. The molecule has 11 heteroatoms. The molecule has 3 aliphatic heterocycles. The Hall–Kier alpha value is -4.22. The first kappa shape index (κ1) is 32.0. The molecule has 3 fully saturated rings. The van der Waals surface area contributed by atoms with Crippen molar-refractivity contribution in [2.24, 2.45) is 0 Å². The molecule has 258 valence electrons. The third kappa shape index (κ3) is 5.90. The number of nitrogens with zero attached hydrogens (tertiary/aromatic N) is 6. The van der Waals surface area contributed by atoms with Crippen molar-refractivity contribution in [3.8, 4) is 11.6 Å². The van der Waals surface area contributed by atoms with Crippen LogP contribution in [0.4, 0.5) is 15.9 Å². The number of halogens is 1. The molecule has 2 saturated heterocycles. The van der Waals surface area contributed by atoms with Crippen LogP contribution in [0.15, 0.2) is 53.7 Å². The van der Waals surface area contributed by atoms with Crippen LogP contribution in [0.3, 0.4) is 0 Å². The van der Waals surface area contributed by atoms with E-state index in [9.17, 15) is 4.79 Å². The second-order valence-electron chi connectivity index (χ2n) is 14.7. The van der Waals surface area contributed by atoms with E-state index in [1.165, 1.54) is 6.07 Å². The van der Waals surface area contributed by atoms with Gasteiger partial charge in [-0.1, -0.05) is 0 Å². The second-order valence-corrected chi connectivity index (χ2v) is 14.7. The zero-order valence-corrected chi connectivity index (χ0v) is 28.7. The number of likely N-dealkylation sites (tertiary alicyclic amines) is 1. The van der Waals surface area contributed by atoms with Crippen LogP contribution in [0.1, 0.15) is 74.1 Å². The summed E-state index contributed by atoms with van der Waals surface area (Å²) in [5.41, 5.74) is 10.1. The molecule has 1 aromatic carbocycles. The molecule has 1 aliphatic carbocycles. The smallest absolute Gasteiger partial charge is 0.213 e. The first-order valence-electron chi connectivity index (χ1n) is 17.7. The molecule has 2 unspecified atom stereocenters. The standard InChI is InChI=1S/C38H46FN7O3/c1-24-23-49-37-34(26-9-14-43(2)38(17-26)10-11-38)31(39)16-30-35(37)46(24)21-27(36(30)47)20-45(19-25-8-12-41-33(15-25)48-3)29-5-4-13-44(22-29)28-6-7-32(40)42-18-28/h6-8,12,15-16,18,21,24,26,29H,4-5,9-11,13-14,17,19-20,22-23H2,1-3H3,(H2,40,42)/t24?,26?,29-/m0/s1. The summed E-state index contributed by atoms with van der Waals surface area (Å²) in [5, 5.41) is 0.401. The summed E-state index contributed by atoms with van der Waals surface area (Å²) in [7, 11) is 3.81. The first-order chi connectivity index (χ1) is 23.7. The van der Waals surface area contributed by atoms with E-state index in [0.29, 0.717) is 53.7 Å². The largest absolute Gasteiger partial charge is 0.489 e. The quantitative estimate of drug-likeness (QED) is 0.262. The fourth-order valence-electron chi connectivity index (χ4n) is 8.58. The monoisotopic (exact) mass is 667 g/mol. The fraction of sp³-hybridized carbons (Fsp3) is 0.500. The lowest BCUT2D eigenvalue weighted by Crippen LogP contribution is -2.48. The predicted octanol–water partition coefficient (Wildman–Crippen LogP) is 5.49. The van der Waals surface area contributed by atoms with Gasteiger partial charge in [0.25, 0.3) is 0 Å². The number of methoxy groups -OCH3 is 1. The topological polar surface area (TPSA) is 102 Å². The van der Waals surface area contributed by atoms with Crippen LogP contribution in [0, 0.1) is 5.82 Å². The lowest BCUT2D eigenvalue weighted by Gasteiger charge is -2.41. The number of benzene rings is 1. The van der Waals surface area contributed by atoms with Crippen LogP contribution in [0.25, 0.3) is 10.9 Å². The molecule has 0 bridgehead atoms. The van der Waals surface area contributed by atoms with Gasteiger partial charge in [-0.3, -0.25) is 9.69 Å². The Morgan fingerprint density at radius 3 is 2.78 bits per heavy atom. The van der Waals surface area contributed by atoms with Gasteiger partial charge in [-0.2, -0.15) is 0 Å². The van der Waals surface area contributed by atoms with Crippen molar-refractivity contribution in [1.29, 1.82) is 0 Å².